The van der Waals surface area contributed by atoms with Crippen molar-refractivity contribution in [2.75, 3.05) is 12.4 Å². The van der Waals surface area contributed by atoms with Gasteiger partial charge in [-0.25, -0.2) is 0 Å². The highest BCUT2D eigenvalue weighted by molar-refractivity contribution is 6.04. The van der Waals surface area contributed by atoms with Crippen LogP contribution in [0.5, 0.6) is 5.75 Å². The fourth-order valence-electron chi connectivity index (χ4n) is 1.96. The van der Waals surface area contributed by atoms with Gasteiger partial charge in [-0.1, -0.05) is 18.2 Å². The molecule has 0 saturated carbocycles. The molecule has 25 heavy (non-hydrogen) atoms. The summed E-state index contributed by atoms with van der Waals surface area (Å²) in [5.41, 5.74) is 1.34. The third-order valence-electron chi connectivity index (χ3n) is 3.25. The zero-order valence-corrected chi connectivity index (χ0v) is 13.2. The fraction of sp³-hybridized carbons (Fsp3) is 0.176. The maximum atomic E-state index is 12.1. The van der Waals surface area contributed by atoms with E-state index < -0.39 is 12.1 Å². The number of nitrogens with one attached hydrogen (secondary N) is 2. The van der Waals surface area contributed by atoms with Crippen molar-refractivity contribution in [1.29, 1.82) is 0 Å². The molecule has 0 atom stereocenters. The zero-order chi connectivity index (χ0) is 18.4. The molecule has 0 radical (unpaired) electrons. The van der Waals surface area contributed by atoms with Crippen LogP contribution in [0.25, 0.3) is 0 Å². The van der Waals surface area contributed by atoms with Crippen LogP contribution < -0.4 is 15.4 Å². The van der Waals surface area contributed by atoms with E-state index in [9.17, 15) is 22.8 Å². The van der Waals surface area contributed by atoms with Crippen molar-refractivity contribution in [1.82, 2.24) is 5.32 Å². The predicted molar refractivity (Wildman–Crippen MR) is 85.3 cm³/mol. The Kier molecular flexibility index (Phi) is 5.63. The van der Waals surface area contributed by atoms with Gasteiger partial charge in [-0.05, 0) is 35.9 Å². The first-order valence-corrected chi connectivity index (χ1v) is 7.19. The van der Waals surface area contributed by atoms with Gasteiger partial charge in [0.1, 0.15) is 5.75 Å². The van der Waals surface area contributed by atoms with E-state index in [1.807, 2.05) is 0 Å². The van der Waals surface area contributed by atoms with Crippen LogP contribution in [0.4, 0.5) is 18.9 Å². The molecule has 2 aromatic carbocycles. The molecular formula is C17H15F3N2O3. The molecule has 0 bridgehead atoms. The molecule has 0 heterocycles. The van der Waals surface area contributed by atoms with Crippen molar-refractivity contribution in [3.05, 3.63) is 59.7 Å². The number of halogens is 3. The molecule has 2 amide bonds. The Morgan fingerprint density at radius 3 is 2.36 bits per heavy atom. The number of hydrogen-bond acceptors (Lipinski definition) is 3. The summed E-state index contributed by atoms with van der Waals surface area (Å²) in [6.45, 7) is -0.261. The minimum atomic E-state index is -4.91. The topological polar surface area (TPSA) is 67.4 Å². The largest absolute Gasteiger partial charge is 0.497 e. The van der Waals surface area contributed by atoms with Crippen LogP contribution in [0.2, 0.25) is 0 Å². The van der Waals surface area contributed by atoms with Crippen molar-refractivity contribution >= 4 is 17.5 Å². The summed E-state index contributed by atoms with van der Waals surface area (Å²) in [4.78, 5) is 22.9. The number of benzene rings is 2. The second-order valence-corrected chi connectivity index (χ2v) is 5.06. The van der Waals surface area contributed by atoms with Gasteiger partial charge in [0.05, 0.1) is 7.11 Å². The molecule has 132 valence electrons. The summed E-state index contributed by atoms with van der Waals surface area (Å²) in [5.74, 6) is -1.80. The van der Waals surface area contributed by atoms with Gasteiger partial charge in [0, 0.05) is 17.8 Å². The molecule has 0 saturated heterocycles. The highest BCUT2D eigenvalue weighted by Crippen LogP contribution is 2.17. The van der Waals surface area contributed by atoms with Crippen LogP contribution in [0.3, 0.4) is 0 Å². The fourth-order valence-corrected chi connectivity index (χ4v) is 1.96. The summed E-state index contributed by atoms with van der Waals surface area (Å²) in [6, 6.07) is 12.7. The molecule has 0 aliphatic heterocycles. The Labute approximate surface area is 141 Å². The molecule has 2 aromatic rings. The van der Waals surface area contributed by atoms with Crippen LogP contribution in [-0.2, 0) is 11.3 Å². The van der Waals surface area contributed by atoms with Gasteiger partial charge in [-0.15, -0.1) is 0 Å². The highest BCUT2D eigenvalue weighted by atomic mass is 19.4. The predicted octanol–water partition coefficient (Wildman–Crippen LogP) is 3.13. The number of carbonyl (C=O) groups is 2. The summed E-state index contributed by atoms with van der Waals surface area (Å²) in [6.07, 6.45) is -4.91. The lowest BCUT2D eigenvalue weighted by atomic mass is 10.1. The number of ether oxygens (including phenoxy) is 1. The van der Waals surface area contributed by atoms with Crippen molar-refractivity contribution in [2.45, 2.75) is 12.7 Å². The Hall–Kier alpha value is -3.03. The van der Waals surface area contributed by atoms with Crippen molar-refractivity contribution in [2.24, 2.45) is 0 Å². The van der Waals surface area contributed by atoms with Crippen molar-refractivity contribution in [3.8, 4) is 5.75 Å². The van der Waals surface area contributed by atoms with Gasteiger partial charge in [-0.3, -0.25) is 9.59 Å². The van der Waals surface area contributed by atoms with Gasteiger partial charge < -0.3 is 15.4 Å². The van der Waals surface area contributed by atoms with Crippen LogP contribution in [0.1, 0.15) is 15.9 Å². The van der Waals surface area contributed by atoms with Crippen molar-refractivity contribution in [3.63, 3.8) is 0 Å². The van der Waals surface area contributed by atoms with Crippen molar-refractivity contribution < 1.29 is 27.5 Å². The summed E-state index contributed by atoms with van der Waals surface area (Å²) in [5, 5.41) is 4.44. The molecule has 5 nitrogen and oxygen atoms in total. The smallest absolute Gasteiger partial charge is 0.471 e. The van der Waals surface area contributed by atoms with E-state index in [2.05, 4.69) is 5.32 Å². The second-order valence-electron chi connectivity index (χ2n) is 5.06. The number of methoxy groups -OCH3 is 1. The number of hydrogen-bond donors (Lipinski definition) is 2. The SMILES string of the molecule is COc1cccc(C(=O)Nc2ccc(CNC(=O)C(F)(F)F)cc2)c1. The normalized spacial score (nSPS) is 10.9. The number of amides is 2. The second kappa shape index (κ2) is 7.69. The molecule has 2 rings (SSSR count). The first kappa shape index (κ1) is 18.3. The zero-order valence-electron chi connectivity index (χ0n) is 13.2. The van der Waals surface area contributed by atoms with Gasteiger partial charge in [-0.2, -0.15) is 13.2 Å². The highest BCUT2D eigenvalue weighted by Gasteiger charge is 2.38. The van der Waals surface area contributed by atoms with Crippen LogP contribution in [-0.4, -0.2) is 25.1 Å². The summed E-state index contributed by atoms with van der Waals surface area (Å²) >= 11 is 0. The monoisotopic (exact) mass is 352 g/mol. The van der Waals surface area contributed by atoms with Gasteiger partial charge in [0.2, 0.25) is 0 Å². The van der Waals surface area contributed by atoms with E-state index in [-0.39, 0.29) is 12.5 Å². The minimum Gasteiger partial charge on any atom is -0.497 e. The lowest BCUT2D eigenvalue weighted by Gasteiger charge is -2.09. The third-order valence-corrected chi connectivity index (χ3v) is 3.25. The van der Waals surface area contributed by atoms with E-state index in [4.69, 9.17) is 4.74 Å². The minimum absolute atomic E-state index is 0.261. The first-order chi connectivity index (χ1) is 11.8. The molecular weight excluding hydrogens is 337 g/mol. The van der Waals surface area contributed by atoms with E-state index >= 15 is 0 Å². The maximum Gasteiger partial charge on any atom is 0.471 e. The molecule has 8 heteroatoms. The lowest BCUT2D eigenvalue weighted by molar-refractivity contribution is -0.173. The number of rotatable bonds is 5. The molecule has 0 unspecified atom stereocenters. The third kappa shape index (κ3) is 5.23. The Balaban J connectivity index is 1.95. The van der Waals surface area contributed by atoms with Crippen LogP contribution in [0.15, 0.2) is 48.5 Å². The van der Waals surface area contributed by atoms with Crippen LogP contribution in [0, 0.1) is 0 Å². The molecule has 0 aromatic heterocycles. The quantitative estimate of drug-likeness (QED) is 0.869. The summed E-state index contributed by atoms with van der Waals surface area (Å²) < 4.78 is 41.4. The van der Waals surface area contributed by atoms with E-state index in [1.165, 1.54) is 31.4 Å². The van der Waals surface area contributed by atoms with Gasteiger partial charge in [0.25, 0.3) is 5.91 Å². The van der Waals surface area contributed by atoms with E-state index in [1.54, 1.807) is 29.6 Å². The van der Waals surface area contributed by atoms with E-state index in [0.29, 0.717) is 22.6 Å². The lowest BCUT2D eigenvalue weighted by Crippen LogP contribution is -2.36. The van der Waals surface area contributed by atoms with Gasteiger partial charge >= 0.3 is 12.1 Å². The molecule has 0 fully saturated rings. The first-order valence-electron chi connectivity index (χ1n) is 7.19. The van der Waals surface area contributed by atoms with Crippen LogP contribution >= 0.6 is 0 Å². The number of carbonyl (C=O) groups excluding carboxylic acids is 2. The average molecular weight is 352 g/mol. The molecule has 0 aliphatic carbocycles. The summed E-state index contributed by atoms with van der Waals surface area (Å²) in [7, 11) is 1.49. The van der Waals surface area contributed by atoms with Gasteiger partial charge in [0.15, 0.2) is 0 Å². The average Bonchev–Trinajstić information content (AvgIpc) is 2.60. The maximum absolute atomic E-state index is 12.1. The molecule has 0 spiro atoms. The molecule has 0 aliphatic rings. The Morgan fingerprint density at radius 2 is 1.76 bits per heavy atom. The standard InChI is InChI=1S/C17H15F3N2O3/c1-25-14-4-2-3-12(9-14)15(23)22-13-7-5-11(6-8-13)10-21-16(24)17(18,19)20/h2-9H,10H2,1H3,(H,21,24)(H,22,23). The molecule has 2 N–H and O–H groups in total. The number of alkyl halides is 3. The Bertz CT molecular complexity index is 758. The number of anilines is 1. The van der Waals surface area contributed by atoms with E-state index in [0.717, 1.165) is 0 Å². The Morgan fingerprint density at radius 1 is 1.08 bits per heavy atom.